The number of aromatic amines is 1. The van der Waals surface area contributed by atoms with E-state index in [9.17, 15) is 0 Å². The quantitative estimate of drug-likeness (QED) is 0.763. The number of aryl methyl sites for hydroxylation is 2. The number of rotatable bonds is 3. The highest BCUT2D eigenvalue weighted by atomic mass is 14.7. The van der Waals surface area contributed by atoms with E-state index in [1.165, 1.54) is 22.0 Å². The molecule has 0 aliphatic rings. The van der Waals surface area contributed by atoms with E-state index in [4.69, 9.17) is 5.73 Å². The Morgan fingerprint density at radius 1 is 1.36 bits per heavy atom. The lowest BCUT2D eigenvalue weighted by molar-refractivity contribution is 0.837. The Balaban J connectivity index is 2.46. The molecule has 1 aromatic carbocycles. The third-order valence-electron chi connectivity index (χ3n) is 2.64. The van der Waals surface area contributed by atoms with E-state index in [1.807, 2.05) is 0 Å². The van der Waals surface area contributed by atoms with Gasteiger partial charge in [-0.1, -0.05) is 12.1 Å². The van der Waals surface area contributed by atoms with Crippen molar-refractivity contribution in [2.45, 2.75) is 19.8 Å². The van der Waals surface area contributed by atoms with Gasteiger partial charge in [0, 0.05) is 17.1 Å². The van der Waals surface area contributed by atoms with Crippen LogP contribution in [0.3, 0.4) is 0 Å². The Morgan fingerprint density at radius 3 is 3.00 bits per heavy atom. The normalized spacial score (nSPS) is 11.0. The van der Waals surface area contributed by atoms with Crippen LogP contribution < -0.4 is 5.73 Å². The first kappa shape index (κ1) is 9.28. The molecular weight excluding hydrogens is 172 g/mol. The molecule has 14 heavy (non-hydrogen) atoms. The van der Waals surface area contributed by atoms with Gasteiger partial charge in [0.2, 0.25) is 0 Å². The molecule has 2 rings (SSSR count). The molecule has 2 nitrogen and oxygen atoms in total. The van der Waals surface area contributed by atoms with Crippen LogP contribution >= 0.6 is 0 Å². The molecule has 0 amide bonds. The Labute approximate surface area is 84.1 Å². The van der Waals surface area contributed by atoms with Crippen molar-refractivity contribution < 1.29 is 0 Å². The van der Waals surface area contributed by atoms with Crippen LogP contribution in [0.2, 0.25) is 0 Å². The summed E-state index contributed by atoms with van der Waals surface area (Å²) in [5.41, 5.74) is 9.49. The van der Waals surface area contributed by atoms with Crippen LogP contribution in [0, 0.1) is 6.92 Å². The lowest BCUT2D eigenvalue weighted by Gasteiger charge is -2.03. The van der Waals surface area contributed by atoms with Crippen LogP contribution in [0.1, 0.15) is 17.5 Å². The highest BCUT2D eigenvalue weighted by molar-refractivity contribution is 5.86. The SMILES string of the molecule is Cc1c[nH]c2cccc(CCCN)c12. The molecule has 3 N–H and O–H groups in total. The molecule has 0 fully saturated rings. The van der Waals surface area contributed by atoms with E-state index >= 15 is 0 Å². The molecule has 0 aliphatic carbocycles. The fraction of sp³-hybridized carbons (Fsp3) is 0.333. The van der Waals surface area contributed by atoms with Crippen LogP contribution in [0.5, 0.6) is 0 Å². The summed E-state index contributed by atoms with van der Waals surface area (Å²) < 4.78 is 0. The molecule has 0 saturated heterocycles. The van der Waals surface area contributed by atoms with Gasteiger partial charge in [0.1, 0.15) is 0 Å². The first-order chi connectivity index (χ1) is 6.83. The van der Waals surface area contributed by atoms with E-state index < -0.39 is 0 Å². The largest absolute Gasteiger partial charge is 0.361 e. The standard InChI is InChI=1S/C12H16N2/c1-9-8-14-11-6-2-4-10(12(9)11)5-3-7-13/h2,4,6,8,14H,3,5,7,13H2,1H3. The van der Waals surface area contributed by atoms with Crippen LogP contribution in [0.25, 0.3) is 10.9 Å². The Hall–Kier alpha value is -1.28. The van der Waals surface area contributed by atoms with Gasteiger partial charge in [-0.15, -0.1) is 0 Å². The van der Waals surface area contributed by atoms with Gasteiger partial charge in [-0.05, 0) is 43.5 Å². The molecule has 1 aromatic heterocycles. The van der Waals surface area contributed by atoms with Gasteiger partial charge in [0.05, 0.1) is 0 Å². The van der Waals surface area contributed by atoms with Gasteiger partial charge in [0.25, 0.3) is 0 Å². The summed E-state index contributed by atoms with van der Waals surface area (Å²) in [6.07, 6.45) is 4.20. The maximum atomic E-state index is 5.53. The fourth-order valence-corrected chi connectivity index (χ4v) is 1.95. The molecule has 0 saturated carbocycles. The van der Waals surface area contributed by atoms with Crippen molar-refractivity contribution >= 4 is 10.9 Å². The van der Waals surface area contributed by atoms with E-state index in [0.29, 0.717) is 0 Å². The maximum Gasteiger partial charge on any atom is 0.0459 e. The molecule has 0 spiro atoms. The van der Waals surface area contributed by atoms with Crippen LogP contribution in [0.4, 0.5) is 0 Å². The predicted molar refractivity (Wildman–Crippen MR) is 60.4 cm³/mol. The van der Waals surface area contributed by atoms with Crippen molar-refractivity contribution in [3.8, 4) is 0 Å². The minimum atomic E-state index is 0.764. The summed E-state index contributed by atoms with van der Waals surface area (Å²) in [6, 6.07) is 6.41. The zero-order valence-corrected chi connectivity index (χ0v) is 8.51. The van der Waals surface area contributed by atoms with Gasteiger partial charge in [-0.3, -0.25) is 0 Å². The summed E-state index contributed by atoms with van der Waals surface area (Å²) in [7, 11) is 0. The molecule has 0 aliphatic heterocycles. The van der Waals surface area contributed by atoms with Crippen molar-refractivity contribution in [1.82, 2.24) is 4.98 Å². The van der Waals surface area contributed by atoms with Crippen molar-refractivity contribution in [3.63, 3.8) is 0 Å². The second-order valence-electron chi connectivity index (χ2n) is 3.70. The average Bonchev–Trinajstić information content (AvgIpc) is 2.58. The topological polar surface area (TPSA) is 41.8 Å². The second-order valence-corrected chi connectivity index (χ2v) is 3.70. The van der Waals surface area contributed by atoms with Crippen molar-refractivity contribution in [2.24, 2.45) is 5.73 Å². The molecule has 0 unspecified atom stereocenters. The van der Waals surface area contributed by atoms with Gasteiger partial charge < -0.3 is 10.7 Å². The van der Waals surface area contributed by atoms with Gasteiger partial charge in [-0.2, -0.15) is 0 Å². The van der Waals surface area contributed by atoms with Crippen molar-refractivity contribution in [1.29, 1.82) is 0 Å². The molecule has 1 heterocycles. The number of aromatic nitrogens is 1. The maximum absolute atomic E-state index is 5.53. The molecule has 0 atom stereocenters. The molecule has 0 radical (unpaired) electrons. The van der Waals surface area contributed by atoms with E-state index in [1.54, 1.807) is 0 Å². The Morgan fingerprint density at radius 2 is 2.21 bits per heavy atom. The molecule has 2 heteroatoms. The molecule has 0 bridgehead atoms. The Kier molecular flexibility index (Phi) is 2.55. The molecular formula is C12H16N2. The summed E-state index contributed by atoms with van der Waals surface area (Å²) >= 11 is 0. The first-order valence-corrected chi connectivity index (χ1v) is 5.08. The molecule has 74 valence electrons. The van der Waals surface area contributed by atoms with Crippen molar-refractivity contribution in [3.05, 3.63) is 35.5 Å². The predicted octanol–water partition coefficient (Wildman–Crippen LogP) is 2.37. The van der Waals surface area contributed by atoms with E-state index in [2.05, 4.69) is 36.3 Å². The zero-order chi connectivity index (χ0) is 9.97. The minimum absolute atomic E-state index is 0.764. The first-order valence-electron chi connectivity index (χ1n) is 5.08. The number of nitrogens with one attached hydrogen (secondary N) is 1. The number of hydrogen-bond acceptors (Lipinski definition) is 1. The third kappa shape index (κ3) is 1.53. The van der Waals surface area contributed by atoms with Crippen LogP contribution in [-0.4, -0.2) is 11.5 Å². The zero-order valence-electron chi connectivity index (χ0n) is 8.51. The summed E-state index contributed by atoms with van der Waals surface area (Å²) in [4.78, 5) is 3.27. The van der Waals surface area contributed by atoms with Gasteiger partial charge in [-0.25, -0.2) is 0 Å². The molecule has 2 aromatic rings. The number of hydrogen-bond donors (Lipinski definition) is 2. The minimum Gasteiger partial charge on any atom is -0.361 e. The average molecular weight is 188 g/mol. The smallest absolute Gasteiger partial charge is 0.0459 e. The summed E-state index contributed by atoms with van der Waals surface area (Å²) in [5.74, 6) is 0. The number of H-pyrrole nitrogens is 1. The number of fused-ring (bicyclic) bond motifs is 1. The van der Waals surface area contributed by atoms with Gasteiger partial charge >= 0.3 is 0 Å². The van der Waals surface area contributed by atoms with Crippen LogP contribution in [0.15, 0.2) is 24.4 Å². The van der Waals surface area contributed by atoms with E-state index in [-0.39, 0.29) is 0 Å². The fourth-order valence-electron chi connectivity index (χ4n) is 1.95. The third-order valence-corrected chi connectivity index (χ3v) is 2.64. The lowest BCUT2D eigenvalue weighted by Crippen LogP contribution is -2.00. The lowest BCUT2D eigenvalue weighted by atomic mass is 10.0. The second kappa shape index (κ2) is 3.84. The number of nitrogens with two attached hydrogens (primary N) is 1. The highest BCUT2D eigenvalue weighted by Crippen LogP contribution is 2.22. The Bertz CT molecular complexity index is 429. The monoisotopic (exact) mass is 188 g/mol. The van der Waals surface area contributed by atoms with Gasteiger partial charge in [0.15, 0.2) is 0 Å². The summed E-state index contributed by atoms with van der Waals surface area (Å²) in [6.45, 7) is 2.91. The number of benzene rings is 1. The van der Waals surface area contributed by atoms with Crippen molar-refractivity contribution in [2.75, 3.05) is 6.54 Å². The van der Waals surface area contributed by atoms with Crippen LogP contribution in [-0.2, 0) is 6.42 Å². The summed E-state index contributed by atoms with van der Waals surface area (Å²) in [5, 5.41) is 1.38. The van der Waals surface area contributed by atoms with E-state index in [0.717, 1.165) is 19.4 Å². The highest BCUT2D eigenvalue weighted by Gasteiger charge is 2.04.